The van der Waals surface area contributed by atoms with E-state index < -0.39 is 0 Å². The van der Waals surface area contributed by atoms with Gasteiger partial charge < -0.3 is 4.74 Å². The van der Waals surface area contributed by atoms with Gasteiger partial charge in [-0.2, -0.15) is 0 Å². The summed E-state index contributed by atoms with van der Waals surface area (Å²) in [5.74, 6) is 1.27. The highest BCUT2D eigenvalue weighted by atomic mass is 32.2. The van der Waals surface area contributed by atoms with Gasteiger partial charge in [0.25, 0.3) is 0 Å². The van der Waals surface area contributed by atoms with Crippen LogP contribution in [-0.2, 0) is 9.53 Å². The molecule has 2 fully saturated rings. The molecular weight excluding hydrogens is 336 g/mol. The number of thioether (sulfide) groups is 1. The van der Waals surface area contributed by atoms with Gasteiger partial charge in [0.05, 0.1) is 6.61 Å². The van der Waals surface area contributed by atoms with E-state index in [4.69, 9.17) is 4.74 Å². The molecule has 0 aromatic carbocycles. The first-order chi connectivity index (χ1) is 12.2. The van der Waals surface area contributed by atoms with E-state index >= 15 is 0 Å². The second-order valence-electron chi connectivity index (χ2n) is 6.81. The molecule has 7 heteroatoms. The van der Waals surface area contributed by atoms with Gasteiger partial charge in [0.1, 0.15) is 5.25 Å². The number of carbonyl (C=O) groups is 1. The van der Waals surface area contributed by atoms with Gasteiger partial charge in [0.2, 0.25) is 0 Å². The van der Waals surface area contributed by atoms with Crippen LogP contribution in [0.2, 0.25) is 0 Å². The van der Waals surface area contributed by atoms with Crippen molar-refractivity contribution in [1.82, 2.24) is 19.7 Å². The molecule has 6 nitrogen and oxygen atoms in total. The number of esters is 1. The third-order valence-electron chi connectivity index (χ3n) is 5.12. The van der Waals surface area contributed by atoms with Crippen molar-refractivity contribution in [2.24, 2.45) is 5.92 Å². The van der Waals surface area contributed by atoms with Crippen LogP contribution >= 0.6 is 11.8 Å². The Labute approximate surface area is 151 Å². The summed E-state index contributed by atoms with van der Waals surface area (Å²) in [5.41, 5.74) is 0.966. The lowest BCUT2D eigenvalue weighted by atomic mass is 9.85. The Morgan fingerprint density at radius 2 is 2.12 bits per heavy atom. The summed E-state index contributed by atoms with van der Waals surface area (Å²) in [6.45, 7) is 2.80. The minimum Gasteiger partial charge on any atom is -0.465 e. The molecule has 2 aromatic rings. The predicted octanol–water partition coefficient (Wildman–Crippen LogP) is 3.50. The fourth-order valence-corrected chi connectivity index (χ4v) is 4.80. The fourth-order valence-electron chi connectivity index (χ4n) is 3.74. The van der Waals surface area contributed by atoms with Crippen LogP contribution in [0.5, 0.6) is 0 Å². The second-order valence-corrected chi connectivity index (χ2v) is 7.98. The molecule has 2 aromatic heterocycles. The van der Waals surface area contributed by atoms with E-state index in [2.05, 4.69) is 26.7 Å². The van der Waals surface area contributed by atoms with Gasteiger partial charge in [-0.1, -0.05) is 31.5 Å². The molecule has 1 aliphatic carbocycles. The minimum atomic E-state index is -0.177. The molecule has 0 spiro atoms. The van der Waals surface area contributed by atoms with Crippen LogP contribution in [0.25, 0.3) is 11.4 Å². The maximum Gasteiger partial charge on any atom is 0.319 e. The van der Waals surface area contributed by atoms with E-state index in [1.54, 1.807) is 6.20 Å². The third-order valence-corrected chi connectivity index (χ3v) is 6.32. The van der Waals surface area contributed by atoms with Gasteiger partial charge in [-0.25, -0.2) is 0 Å². The monoisotopic (exact) mass is 358 g/mol. The third kappa shape index (κ3) is 3.29. The van der Waals surface area contributed by atoms with Gasteiger partial charge >= 0.3 is 5.97 Å². The molecule has 0 radical (unpaired) electrons. The predicted molar refractivity (Wildman–Crippen MR) is 95.1 cm³/mol. The highest BCUT2D eigenvalue weighted by Crippen LogP contribution is 2.40. The lowest BCUT2D eigenvalue weighted by Crippen LogP contribution is -2.23. The zero-order valence-electron chi connectivity index (χ0n) is 14.3. The molecule has 1 aliphatic heterocycles. The van der Waals surface area contributed by atoms with E-state index in [0.717, 1.165) is 29.4 Å². The molecule has 1 saturated carbocycles. The Bertz CT molecular complexity index is 749. The molecule has 25 heavy (non-hydrogen) atoms. The summed E-state index contributed by atoms with van der Waals surface area (Å²) in [6, 6.07) is 4.29. The molecule has 3 heterocycles. The van der Waals surface area contributed by atoms with Crippen LogP contribution in [0.4, 0.5) is 0 Å². The molecule has 0 bridgehead atoms. The molecule has 4 rings (SSSR count). The van der Waals surface area contributed by atoms with Crippen molar-refractivity contribution in [2.75, 3.05) is 6.61 Å². The normalized spacial score (nSPS) is 26.6. The number of rotatable bonds is 4. The smallest absolute Gasteiger partial charge is 0.319 e. The maximum atomic E-state index is 11.9. The average molecular weight is 358 g/mol. The molecule has 3 atom stereocenters. The lowest BCUT2D eigenvalue weighted by molar-refractivity contribution is -0.137. The van der Waals surface area contributed by atoms with Crippen LogP contribution in [-0.4, -0.2) is 37.6 Å². The quantitative estimate of drug-likeness (QED) is 0.779. The number of cyclic esters (lactones) is 1. The van der Waals surface area contributed by atoms with Crippen molar-refractivity contribution in [3.8, 4) is 11.4 Å². The van der Waals surface area contributed by atoms with E-state index in [1.807, 2.05) is 18.3 Å². The number of carbonyl (C=O) groups excluding carboxylic acids is 1. The Morgan fingerprint density at radius 1 is 1.24 bits per heavy atom. The van der Waals surface area contributed by atoms with Crippen molar-refractivity contribution >= 4 is 17.7 Å². The zero-order chi connectivity index (χ0) is 17.2. The Morgan fingerprint density at radius 3 is 2.84 bits per heavy atom. The van der Waals surface area contributed by atoms with Gasteiger partial charge in [-0.15, -0.1) is 10.2 Å². The zero-order valence-corrected chi connectivity index (χ0v) is 15.1. The van der Waals surface area contributed by atoms with E-state index in [0.29, 0.717) is 18.6 Å². The Balaban J connectivity index is 1.73. The number of hydrogen-bond donors (Lipinski definition) is 0. The summed E-state index contributed by atoms with van der Waals surface area (Å²) in [5, 5.41) is 9.55. The highest BCUT2D eigenvalue weighted by molar-refractivity contribution is 8.00. The van der Waals surface area contributed by atoms with Crippen molar-refractivity contribution < 1.29 is 9.53 Å². The topological polar surface area (TPSA) is 69.9 Å². The Hall–Kier alpha value is -1.89. The van der Waals surface area contributed by atoms with Crippen LogP contribution in [0.15, 0.2) is 29.7 Å². The molecule has 1 saturated heterocycles. The van der Waals surface area contributed by atoms with E-state index in [-0.39, 0.29) is 11.2 Å². The number of aromatic nitrogens is 4. The maximum absolute atomic E-state index is 11.9. The standard InChI is InChI=1S/C18H22N4O2S/c1-12-5-2-3-7-14(12)22-16(13-6-4-9-19-11-13)20-21-18(22)25-15-8-10-24-17(15)23/h4,6,9,11-12,14-15H,2-3,5,7-8,10H2,1H3/t12-,14-,15-/m1/s1. The van der Waals surface area contributed by atoms with Crippen molar-refractivity contribution in [2.45, 2.75) is 55.5 Å². The first-order valence-corrected chi connectivity index (χ1v) is 9.80. The highest BCUT2D eigenvalue weighted by Gasteiger charge is 2.33. The number of nitrogens with zero attached hydrogens (tertiary/aromatic N) is 4. The second kappa shape index (κ2) is 7.15. The number of hydrogen-bond acceptors (Lipinski definition) is 6. The largest absolute Gasteiger partial charge is 0.465 e. The SMILES string of the molecule is C[C@@H]1CCCC[C@H]1n1c(S[C@@H]2CCOC2=O)nnc1-c1cccnc1. The summed E-state index contributed by atoms with van der Waals surface area (Å²) in [7, 11) is 0. The van der Waals surface area contributed by atoms with E-state index in [9.17, 15) is 4.79 Å². The molecule has 0 N–H and O–H groups in total. The first-order valence-electron chi connectivity index (χ1n) is 8.92. The van der Waals surface area contributed by atoms with Gasteiger partial charge in [0, 0.05) is 30.4 Å². The summed E-state index contributed by atoms with van der Waals surface area (Å²) >= 11 is 1.49. The summed E-state index contributed by atoms with van der Waals surface area (Å²) < 4.78 is 7.36. The van der Waals surface area contributed by atoms with Gasteiger partial charge in [-0.05, 0) is 30.9 Å². The van der Waals surface area contributed by atoms with Gasteiger partial charge in [0.15, 0.2) is 11.0 Å². The van der Waals surface area contributed by atoms with Crippen LogP contribution in [0, 0.1) is 5.92 Å². The van der Waals surface area contributed by atoms with Crippen LogP contribution in [0.1, 0.15) is 45.1 Å². The Kier molecular flexibility index (Phi) is 4.74. The summed E-state index contributed by atoms with van der Waals surface area (Å²) in [6.07, 6.45) is 9.15. The minimum absolute atomic E-state index is 0.140. The number of ether oxygens (including phenoxy) is 1. The van der Waals surface area contributed by atoms with Crippen LogP contribution < -0.4 is 0 Å². The van der Waals surface area contributed by atoms with Crippen LogP contribution in [0.3, 0.4) is 0 Å². The fraction of sp³-hybridized carbons (Fsp3) is 0.556. The lowest BCUT2D eigenvalue weighted by Gasteiger charge is -2.31. The van der Waals surface area contributed by atoms with E-state index in [1.165, 1.54) is 31.0 Å². The summed E-state index contributed by atoms with van der Waals surface area (Å²) in [4.78, 5) is 16.1. The molecular formula is C18H22N4O2S. The average Bonchev–Trinajstić information content (AvgIpc) is 3.23. The molecule has 132 valence electrons. The van der Waals surface area contributed by atoms with Crippen molar-refractivity contribution in [1.29, 1.82) is 0 Å². The van der Waals surface area contributed by atoms with Crippen molar-refractivity contribution in [3.05, 3.63) is 24.5 Å². The molecule has 2 aliphatic rings. The molecule has 0 unspecified atom stereocenters. The number of pyridine rings is 1. The first kappa shape index (κ1) is 16.6. The molecule has 0 amide bonds. The van der Waals surface area contributed by atoms with Gasteiger partial charge in [-0.3, -0.25) is 14.3 Å². The van der Waals surface area contributed by atoms with Crippen molar-refractivity contribution in [3.63, 3.8) is 0 Å².